The van der Waals surface area contributed by atoms with Crippen LogP contribution in [0.1, 0.15) is 5.56 Å². The third kappa shape index (κ3) is 4.39. The normalized spacial score (nSPS) is 14.2. The van der Waals surface area contributed by atoms with Crippen molar-refractivity contribution in [2.45, 2.75) is 0 Å². The van der Waals surface area contributed by atoms with Gasteiger partial charge in [0.1, 0.15) is 17.2 Å². The van der Waals surface area contributed by atoms with E-state index in [0.29, 0.717) is 24.6 Å². The number of rotatable bonds is 6. The molecule has 1 amide bonds. The zero-order chi connectivity index (χ0) is 19.9. The lowest BCUT2D eigenvalue weighted by molar-refractivity contribution is -0.126. The molecular weight excluding hydrogens is 356 g/mol. The summed E-state index contributed by atoms with van der Waals surface area (Å²) in [6.07, 6.45) is 3.39. The van der Waals surface area contributed by atoms with Gasteiger partial charge in [0.05, 0.1) is 27.0 Å². The highest BCUT2D eigenvalue weighted by Gasteiger charge is 2.21. The summed E-state index contributed by atoms with van der Waals surface area (Å²) in [4.78, 5) is 16.7. The number of ether oxygens (including phenoxy) is 3. The molecule has 1 aliphatic heterocycles. The number of para-hydroxylation sites is 2. The molecule has 3 rings (SSSR count). The van der Waals surface area contributed by atoms with E-state index in [9.17, 15) is 4.79 Å². The van der Waals surface area contributed by atoms with Gasteiger partial charge in [-0.05, 0) is 30.3 Å². The van der Waals surface area contributed by atoms with E-state index in [1.165, 1.54) is 0 Å². The van der Waals surface area contributed by atoms with E-state index in [2.05, 4.69) is 4.90 Å². The Bertz CT molecular complexity index is 842. The van der Waals surface area contributed by atoms with Crippen LogP contribution in [0.3, 0.4) is 0 Å². The highest BCUT2D eigenvalue weighted by molar-refractivity contribution is 5.92. The van der Waals surface area contributed by atoms with Crippen molar-refractivity contribution in [3.05, 3.63) is 54.1 Å². The first-order valence-electron chi connectivity index (χ1n) is 9.23. The second-order valence-corrected chi connectivity index (χ2v) is 6.43. The van der Waals surface area contributed by atoms with Crippen LogP contribution in [0, 0.1) is 0 Å². The quantitative estimate of drug-likeness (QED) is 0.719. The summed E-state index contributed by atoms with van der Waals surface area (Å²) in [7, 11) is 4.89. The maximum Gasteiger partial charge on any atom is 0.246 e. The Morgan fingerprint density at radius 2 is 1.61 bits per heavy atom. The lowest BCUT2D eigenvalue weighted by Gasteiger charge is -2.36. The fourth-order valence-corrected chi connectivity index (χ4v) is 3.28. The van der Waals surface area contributed by atoms with Gasteiger partial charge in [0.15, 0.2) is 0 Å². The maximum absolute atomic E-state index is 12.6. The number of amides is 1. The van der Waals surface area contributed by atoms with Crippen LogP contribution >= 0.6 is 0 Å². The van der Waals surface area contributed by atoms with Crippen molar-refractivity contribution in [1.82, 2.24) is 4.90 Å². The van der Waals surface area contributed by atoms with Gasteiger partial charge < -0.3 is 24.0 Å². The van der Waals surface area contributed by atoms with E-state index in [4.69, 9.17) is 14.2 Å². The second-order valence-electron chi connectivity index (χ2n) is 6.43. The van der Waals surface area contributed by atoms with Crippen molar-refractivity contribution in [3.8, 4) is 17.2 Å². The highest BCUT2D eigenvalue weighted by Crippen LogP contribution is 2.28. The topological polar surface area (TPSA) is 51.2 Å². The van der Waals surface area contributed by atoms with Gasteiger partial charge in [-0.3, -0.25) is 4.79 Å². The standard InChI is InChI=1S/C22H26N2O4/c1-26-18-10-8-17(21(16-18)28-3)9-11-22(25)24-14-12-23(13-15-24)19-6-4-5-7-20(19)27-2/h4-11,16H,12-15H2,1-3H3/b11-9+. The van der Waals surface area contributed by atoms with Crippen LogP contribution in [-0.2, 0) is 4.79 Å². The van der Waals surface area contributed by atoms with Gasteiger partial charge in [0.2, 0.25) is 5.91 Å². The first-order valence-corrected chi connectivity index (χ1v) is 9.23. The minimum absolute atomic E-state index is 0.00227. The average Bonchev–Trinajstić information content (AvgIpc) is 2.77. The Morgan fingerprint density at radius 3 is 2.29 bits per heavy atom. The second kappa shape index (κ2) is 9.17. The maximum atomic E-state index is 12.6. The molecule has 1 aliphatic rings. The predicted octanol–water partition coefficient (Wildman–Crippen LogP) is 3.07. The van der Waals surface area contributed by atoms with Crippen molar-refractivity contribution < 1.29 is 19.0 Å². The van der Waals surface area contributed by atoms with Gasteiger partial charge in [-0.1, -0.05) is 12.1 Å². The van der Waals surface area contributed by atoms with Crippen molar-refractivity contribution in [3.63, 3.8) is 0 Å². The molecule has 1 fully saturated rings. The molecule has 0 unspecified atom stereocenters. The molecule has 0 aromatic heterocycles. The molecule has 1 saturated heterocycles. The molecule has 0 spiro atoms. The number of carbonyl (C=O) groups excluding carboxylic acids is 1. The van der Waals surface area contributed by atoms with Crippen LogP contribution in [-0.4, -0.2) is 58.3 Å². The Hall–Kier alpha value is -3.15. The molecule has 0 aliphatic carbocycles. The van der Waals surface area contributed by atoms with Crippen molar-refractivity contribution in [2.75, 3.05) is 52.4 Å². The molecule has 0 bridgehead atoms. The lowest BCUT2D eigenvalue weighted by atomic mass is 10.1. The van der Waals surface area contributed by atoms with Crippen LogP contribution in [0.15, 0.2) is 48.5 Å². The summed E-state index contributed by atoms with van der Waals surface area (Å²) in [5.74, 6) is 2.24. The van der Waals surface area contributed by atoms with E-state index in [0.717, 1.165) is 30.1 Å². The smallest absolute Gasteiger partial charge is 0.246 e. The van der Waals surface area contributed by atoms with E-state index in [1.807, 2.05) is 41.3 Å². The number of carbonyl (C=O) groups is 1. The predicted molar refractivity (Wildman–Crippen MR) is 110 cm³/mol. The summed E-state index contributed by atoms with van der Waals surface area (Å²) in [6.45, 7) is 2.87. The minimum atomic E-state index is -0.00227. The Morgan fingerprint density at radius 1 is 0.893 bits per heavy atom. The fraction of sp³-hybridized carbons (Fsp3) is 0.318. The van der Waals surface area contributed by atoms with Gasteiger partial charge in [0.25, 0.3) is 0 Å². The van der Waals surface area contributed by atoms with E-state index in [1.54, 1.807) is 39.5 Å². The van der Waals surface area contributed by atoms with E-state index < -0.39 is 0 Å². The fourth-order valence-electron chi connectivity index (χ4n) is 3.28. The molecule has 148 valence electrons. The molecule has 6 heteroatoms. The Labute approximate surface area is 165 Å². The van der Waals surface area contributed by atoms with Crippen LogP contribution < -0.4 is 19.1 Å². The van der Waals surface area contributed by atoms with Gasteiger partial charge in [-0.2, -0.15) is 0 Å². The number of anilines is 1. The SMILES string of the molecule is COc1ccc(/C=C/C(=O)N2CCN(c3ccccc3OC)CC2)c(OC)c1. The summed E-state index contributed by atoms with van der Waals surface area (Å²) in [6, 6.07) is 13.5. The van der Waals surface area contributed by atoms with Crippen molar-refractivity contribution in [2.24, 2.45) is 0 Å². The van der Waals surface area contributed by atoms with E-state index in [-0.39, 0.29) is 5.91 Å². The van der Waals surface area contributed by atoms with Crippen LogP contribution in [0.4, 0.5) is 5.69 Å². The molecule has 1 heterocycles. The van der Waals surface area contributed by atoms with Crippen molar-refractivity contribution in [1.29, 1.82) is 0 Å². The molecular formula is C22H26N2O4. The van der Waals surface area contributed by atoms with E-state index >= 15 is 0 Å². The highest BCUT2D eigenvalue weighted by atomic mass is 16.5. The lowest BCUT2D eigenvalue weighted by Crippen LogP contribution is -2.48. The van der Waals surface area contributed by atoms with Gasteiger partial charge in [-0.25, -0.2) is 0 Å². The van der Waals surface area contributed by atoms with Crippen molar-refractivity contribution >= 4 is 17.7 Å². The molecule has 6 nitrogen and oxygen atoms in total. The third-order valence-electron chi connectivity index (χ3n) is 4.86. The number of hydrogen-bond donors (Lipinski definition) is 0. The monoisotopic (exact) mass is 382 g/mol. The Kier molecular flexibility index (Phi) is 6.42. The summed E-state index contributed by atoms with van der Waals surface area (Å²) in [5.41, 5.74) is 1.90. The number of piperazine rings is 1. The summed E-state index contributed by atoms with van der Waals surface area (Å²) >= 11 is 0. The minimum Gasteiger partial charge on any atom is -0.497 e. The molecule has 2 aromatic rings. The number of methoxy groups -OCH3 is 3. The number of nitrogens with zero attached hydrogens (tertiary/aromatic N) is 2. The molecule has 0 radical (unpaired) electrons. The Balaban J connectivity index is 1.62. The van der Waals surface area contributed by atoms with Crippen LogP contribution in [0.25, 0.3) is 6.08 Å². The summed E-state index contributed by atoms with van der Waals surface area (Å²) in [5, 5.41) is 0. The zero-order valence-corrected chi connectivity index (χ0v) is 16.6. The van der Waals surface area contributed by atoms with Gasteiger partial charge in [0, 0.05) is 43.9 Å². The molecule has 2 aromatic carbocycles. The molecule has 0 saturated carbocycles. The average molecular weight is 382 g/mol. The molecule has 0 atom stereocenters. The third-order valence-corrected chi connectivity index (χ3v) is 4.86. The first-order chi connectivity index (χ1) is 13.7. The van der Waals surface area contributed by atoms with Gasteiger partial charge in [-0.15, -0.1) is 0 Å². The number of hydrogen-bond acceptors (Lipinski definition) is 5. The molecule has 28 heavy (non-hydrogen) atoms. The summed E-state index contributed by atoms with van der Waals surface area (Å²) < 4.78 is 16.0. The van der Waals surface area contributed by atoms with Gasteiger partial charge >= 0.3 is 0 Å². The first kappa shape index (κ1) is 19.6. The largest absolute Gasteiger partial charge is 0.497 e. The zero-order valence-electron chi connectivity index (χ0n) is 16.6. The van der Waals surface area contributed by atoms with Crippen LogP contribution in [0.5, 0.6) is 17.2 Å². The number of benzene rings is 2. The molecule has 0 N–H and O–H groups in total. The van der Waals surface area contributed by atoms with Crippen LogP contribution in [0.2, 0.25) is 0 Å².